The van der Waals surface area contributed by atoms with E-state index in [9.17, 15) is 10.1 Å². The molecular formula is C22H22N4O4. The zero-order valence-electron chi connectivity index (χ0n) is 17.1. The van der Waals surface area contributed by atoms with E-state index in [1.165, 1.54) is 0 Å². The second-order valence-corrected chi connectivity index (χ2v) is 7.29. The van der Waals surface area contributed by atoms with Crippen molar-refractivity contribution in [2.24, 2.45) is 5.73 Å². The number of carbonyl (C=O) groups is 1. The average molecular weight is 406 g/mol. The summed E-state index contributed by atoms with van der Waals surface area (Å²) in [5.74, 6) is 0.471. The molecule has 0 spiro atoms. The number of nitrogens with two attached hydrogens (primary N) is 1. The van der Waals surface area contributed by atoms with Gasteiger partial charge in [-0.25, -0.2) is 4.98 Å². The lowest BCUT2D eigenvalue weighted by Gasteiger charge is -2.36. The number of nitriles is 1. The maximum Gasteiger partial charge on any atom is 0.246 e. The molecule has 0 bridgehead atoms. The quantitative estimate of drug-likeness (QED) is 0.812. The van der Waals surface area contributed by atoms with Gasteiger partial charge in [0.05, 0.1) is 43.3 Å². The van der Waals surface area contributed by atoms with Gasteiger partial charge in [0.25, 0.3) is 0 Å². The molecule has 1 aromatic heterocycles. The van der Waals surface area contributed by atoms with Crippen molar-refractivity contribution in [3.8, 4) is 17.7 Å². The molecule has 4 rings (SSSR count). The van der Waals surface area contributed by atoms with Crippen molar-refractivity contribution in [1.82, 2.24) is 4.98 Å². The van der Waals surface area contributed by atoms with Gasteiger partial charge in [-0.1, -0.05) is 0 Å². The van der Waals surface area contributed by atoms with E-state index in [0.29, 0.717) is 53.8 Å². The van der Waals surface area contributed by atoms with Crippen LogP contribution in [0.1, 0.15) is 23.6 Å². The van der Waals surface area contributed by atoms with Crippen molar-refractivity contribution in [3.63, 3.8) is 0 Å². The molecule has 3 heterocycles. The van der Waals surface area contributed by atoms with Crippen LogP contribution in [0.4, 0.5) is 11.4 Å². The summed E-state index contributed by atoms with van der Waals surface area (Å²) in [6.45, 7) is 4.82. The Hall–Kier alpha value is -3.57. The van der Waals surface area contributed by atoms with Gasteiger partial charge in [-0.3, -0.25) is 4.79 Å². The number of hydrogen-bond acceptors (Lipinski definition) is 7. The molecule has 2 aliphatic heterocycles. The molecule has 2 aliphatic rings. The predicted molar refractivity (Wildman–Crippen MR) is 110 cm³/mol. The number of amides is 1. The lowest BCUT2D eigenvalue weighted by Crippen LogP contribution is -2.39. The molecule has 8 nitrogen and oxygen atoms in total. The minimum atomic E-state index is -0.504. The third-order valence-electron chi connectivity index (χ3n) is 5.38. The molecule has 1 aromatic carbocycles. The van der Waals surface area contributed by atoms with E-state index < -0.39 is 5.91 Å². The number of primary amides is 1. The highest BCUT2D eigenvalue weighted by Crippen LogP contribution is 2.46. The average Bonchev–Trinajstić information content (AvgIpc) is 2.71. The summed E-state index contributed by atoms with van der Waals surface area (Å²) in [6.07, 6.45) is 2.01. The smallest absolute Gasteiger partial charge is 0.246 e. The Morgan fingerprint density at radius 1 is 1.37 bits per heavy atom. The zero-order valence-corrected chi connectivity index (χ0v) is 17.1. The van der Waals surface area contributed by atoms with Crippen LogP contribution in [0.3, 0.4) is 0 Å². The van der Waals surface area contributed by atoms with Gasteiger partial charge in [0.1, 0.15) is 11.9 Å². The molecule has 0 saturated carbocycles. The Labute approximate surface area is 174 Å². The van der Waals surface area contributed by atoms with E-state index in [4.69, 9.17) is 19.9 Å². The number of hydrogen-bond donors (Lipinski definition) is 1. The maximum atomic E-state index is 12.3. The number of rotatable bonds is 5. The number of allylic oxidation sites excluding steroid dienone is 1. The van der Waals surface area contributed by atoms with E-state index in [2.05, 4.69) is 11.1 Å². The maximum absolute atomic E-state index is 12.3. The van der Waals surface area contributed by atoms with E-state index >= 15 is 0 Å². The van der Waals surface area contributed by atoms with Gasteiger partial charge in [-0.2, -0.15) is 5.26 Å². The van der Waals surface area contributed by atoms with Crippen molar-refractivity contribution in [3.05, 3.63) is 52.4 Å². The number of anilines is 2. The fourth-order valence-electron chi connectivity index (χ4n) is 3.75. The normalized spacial score (nSPS) is 15.9. The summed E-state index contributed by atoms with van der Waals surface area (Å²) in [4.78, 5) is 18.7. The Kier molecular flexibility index (Phi) is 5.06. The number of methoxy groups -OCH3 is 1. The molecule has 0 aliphatic carbocycles. The Morgan fingerprint density at radius 2 is 2.13 bits per heavy atom. The number of nitrogens with zero attached hydrogens (tertiary/aromatic N) is 3. The number of carbonyl (C=O) groups excluding carboxylic acids is 1. The molecule has 1 amide bonds. The van der Waals surface area contributed by atoms with Crippen molar-refractivity contribution in [2.45, 2.75) is 26.4 Å². The van der Waals surface area contributed by atoms with Crippen molar-refractivity contribution in [2.75, 3.05) is 25.2 Å². The molecule has 1 fully saturated rings. The van der Waals surface area contributed by atoms with Gasteiger partial charge in [0.2, 0.25) is 11.8 Å². The molecule has 0 unspecified atom stereocenters. The van der Waals surface area contributed by atoms with Crippen LogP contribution in [-0.2, 0) is 16.0 Å². The van der Waals surface area contributed by atoms with Crippen molar-refractivity contribution in [1.29, 1.82) is 5.26 Å². The van der Waals surface area contributed by atoms with Crippen LogP contribution in [0, 0.1) is 18.3 Å². The van der Waals surface area contributed by atoms with Crippen LogP contribution < -0.4 is 20.1 Å². The predicted octanol–water partition coefficient (Wildman–Crippen LogP) is 2.50. The molecule has 8 heteroatoms. The minimum Gasteiger partial charge on any atom is -0.495 e. The zero-order chi connectivity index (χ0) is 21.4. The number of fused-ring (bicyclic) bond motifs is 1. The summed E-state index contributed by atoms with van der Waals surface area (Å²) in [6, 6.07) is 7.30. The molecule has 0 atom stereocenters. The van der Waals surface area contributed by atoms with Gasteiger partial charge >= 0.3 is 0 Å². The van der Waals surface area contributed by atoms with E-state index in [1.54, 1.807) is 31.5 Å². The lowest BCUT2D eigenvalue weighted by atomic mass is 9.93. The molecule has 30 heavy (non-hydrogen) atoms. The first-order valence-corrected chi connectivity index (χ1v) is 9.55. The molecule has 154 valence electrons. The highest BCUT2D eigenvalue weighted by atomic mass is 16.6. The van der Waals surface area contributed by atoms with Gasteiger partial charge in [-0.15, -0.1) is 0 Å². The first-order valence-electron chi connectivity index (χ1n) is 9.55. The fourth-order valence-corrected chi connectivity index (χ4v) is 3.75. The van der Waals surface area contributed by atoms with E-state index in [-0.39, 0.29) is 6.10 Å². The monoisotopic (exact) mass is 406 g/mol. The number of benzene rings is 1. The van der Waals surface area contributed by atoms with E-state index in [0.717, 1.165) is 16.8 Å². The van der Waals surface area contributed by atoms with Crippen LogP contribution in [0.25, 0.3) is 0 Å². The summed E-state index contributed by atoms with van der Waals surface area (Å²) in [5.41, 5.74) is 10.6. The number of aryl methyl sites for hydroxylation is 1. The highest BCUT2D eigenvalue weighted by molar-refractivity contribution is 5.97. The second kappa shape index (κ2) is 7.69. The standard InChI is InChI=1S/C22H22N4O4/c1-12-9-25-22(30-15-10-29-11-15)17-7-16(21(24)27)13(2)26(20(12)17)18-5-4-14(8-23)6-19(18)28-3/h4-6,9,15H,7,10-11H2,1-3H3,(H2,24,27). The third kappa shape index (κ3) is 3.23. The molecule has 1 saturated heterocycles. The Balaban J connectivity index is 1.93. The van der Waals surface area contributed by atoms with Gasteiger partial charge in [0, 0.05) is 35.5 Å². The minimum absolute atomic E-state index is 0.0637. The van der Waals surface area contributed by atoms with Crippen LogP contribution in [-0.4, -0.2) is 37.3 Å². The summed E-state index contributed by atoms with van der Waals surface area (Å²) in [7, 11) is 1.55. The molecule has 2 aromatic rings. The molecular weight excluding hydrogens is 384 g/mol. The van der Waals surface area contributed by atoms with Crippen molar-refractivity contribution >= 4 is 17.3 Å². The van der Waals surface area contributed by atoms with Crippen LogP contribution in [0.2, 0.25) is 0 Å². The Bertz CT molecular complexity index is 1100. The second-order valence-electron chi connectivity index (χ2n) is 7.29. The lowest BCUT2D eigenvalue weighted by molar-refractivity contribution is -0.114. The highest BCUT2D eigenvalue weighted by Gasteiger charge is 2.33. The Morgan fingerprint density at radius 3 is 2.73 bits per heavy atom. The third-order valence-corrected chi connectivity index (χ3v) is 5.38. The number of ether oxygens (including phenoxy) is 3. The summed E-state index contributed by atoms with van der Waals surface area (Å²) >= 11 is 0. The fraction of sp³-hybridized carbons (Fsp3) is 0.318. The summed E-state index contributed by atoms with van der Waals surface area (Å²) < 4.78 is 16.8. The first kappa shape index (κ1) is 19.7. The SMILES string of the molecule is COc1cc(C#N)ccc1N1C(C)=C(C(N)=O)Cc2c(OC3COC3)ncc(C)c21. The largest absolute Gasteiger partial charge is 0.495 e. The molecule has 2 N–H and O–H groups in total. The topological polar surface area (TPSA) is 111 Å². The van der Waals surface area contributed by atoms with Gasteiger partial charge in [0.15, 0.2) is 0 Å². The molecule has 0 radical (unpaired) electrons. The van der Waals surface area contributed by atoms with Crippen LogP contribution >= 0.6 is 0 Å². The van der Waals surface area contributed by atoms with E-state index in [1.807, 2.05) is 18.7 Å². The van der Waals surface area contributed by atoms with Gasteiger partial charge in [-0.05, 0) is 31.5 Å². The van der Waals surface area contributed by atoms with Crippen LogP contribution in [0.15, 0.2) is 35.7 Å². The number of pyridine rings is 1. The van der Waals surface area contributed by atoms with Crippen molar-refractivity contribution < 1.29 is 19.0 Å². The number of aromatic nitrogens is 1. The first-order chi connectivity index (χ1) is 14.4. The summed E-state index contributed by atoms with van der Waals surface area (Å²) in [5, 5.41) is 9.25. The van der Waals surface area contributed by atoms with Gasteiger partial charge < -0.3 is 24.8 Å². The van der Waals surface area contributed by atoms with Crippen LogP contribution in [0.5, 0.6) is 11.6 Å².